The van der Waals surface area contributed by atoms with Crippen LogP contribution < -0.4 is 10.6 Å². The van der Waals surface area contributed by atoms with Gasteiger partial charge < -0.3 is 10.6 Å². The highest BCUT2D eigenvalue weighted by Crippen LogP contribution is 2.22. The molecule has 2 N–H and O–H groups in total. The number of anilines is 2. The molecule has 27 heavy (non-hydrogen) atoms. The molecule has 0 unspecified atom stereocenters. The highest BCUT2D eigenvalue weighted by atomic mass is 16.1. The Morgan fingerprint density at radius 3 is 2.44 bits per heavy atom. The largest absolute Gasteiger partial charge is 0.366 e. The third kappa shape index (κ3) is 4.67. The fraction of sp³-hybridized carbons (Fsp3) is 0.238. The van der Waals surface area contributed by atoms with Crippen LogP contribution >= 0.6 is 0 Å². The van der Waals surface area contributed by atoms with Gasteiger partial charge in [-0.15, -0.1) is 0 Å². The number of aromatic nitrogens is 3. The first kappa shape index (κ1) is 18.5. The van der Waals surface area contributed by atoms with Crippen LogP contribution in [0.2, 0.25) is 0 Å². The maximum atomic E-state index is 12.7. The molecule has 2 heterocycles. The van der Waals surface area contributed by atoms with Crippen LogP contribution in [0.25, 0.3) is 0 Å². The third-order valence-electron chi connectivity index (χ3n) is 4.18. The minimum Gasteiger partial charge on any atom is -0.366 e. The molecule has 0 bridgehead atoms. The maximum Gasteiger partial charge on any atom is 0.274 e. The van der Waals surface area contributed by atoms with E-state index in [1.165, 1.54) is 5.56 Å². The van der Waals surface area contributed by atoms with Crippen molar-refractivity contribution in [3.8, 4) is 0 Å². The number of nitrogens with one attached hydrogen (secondary N) is 2. The van der Waals surface area contributed by atoms with Crippen LogP contribution in [0, 0.1) is 27.7 Å². The summed E-state index contributed by atoms with van der Waals surface area (Å²) in [6.07, 6.45) is 3.52. The van der Waals surface area contributed by atoms with Crippen LogP contribution in [0.3, 0.4) is 0 Å². The van der Waals surface area contributed by atoms with Gasteiger partial charge in [-0.1, -0.05) is 23.8 Å². The number of hydrogen-bond donors (Lipinski definition) is 2. The van der Waals surface area contributed by atoms with Gasteiger partial charge in [0.25, 0.3) is 5.91 Å². The van der Waals surface area contributed by atoms with Crippen molar-refractivity contribution >= 4 is 17.4 Å². The lowest BCUT2D eigenvalue weighted by molar-refractivity contribution is 0.102. The number of rotatable bonds is 5. The van der Waals surface area contributed by atoms with Crippen LogP contribution in [0.4, 0.5) is 11.5 Å². The van der Waals surface area contributed by atoms with E-state index >= 15 is 0 Å². The molecule has 0 radical (unpaired) electrons. The predicted molar refractivity (Wildman–Crippen MR) is 107 cm³/mol. The van der Waals surface area contributed by atoms with Crippen LogP contribution in [0.5, 0.6) is 0 Å². The molecule has 0 aliphatic carbocycles. The zero-order valence-electron chi connectivity index (χ0n) is 16.0. The lowest BCUT2D eigenvalue weighted by atomic mass is 10.0. The molecule has 0 fully saturated rings. The molecule has 1 aromatic carbocycles. The van der Waals surface area contributed by atoms with Crippen molar-refractivity contribution in [3.05, 3.63) is 76.5 Å². The topological polar surface area (TPSA) is 79.8 Å². The molecule has 3 rings (SSSR count). The number of aryl methyl sites for hydroxylation is 4. The fourth-order valence-corrected chi connectivity index (χ4v) is 3.02. The van der Waals surface area contributed by atoms with E-state index in [2.05, 4.69) is 37.7 Å². The highest BCUT2D eigenvalue weighted by Gasteiger charge is 2.13. The molecule has 0 aliphatic heterocycles. The molecule has 2 aromatic heterocycles. The van der Waals surface area contributed by atoms with E-state index in [9.17, 15) is 4.79 Å². The van der Waals surface area contributed by atoms with E-state index in [1.54, 1.807) is 25.4 Å². The Balaban J connectivity index is 1.78. The van der Waals surface area contributed by atoms with Crippen molar-refractivity contribution in [3.63, 3.8) is 0 Å². The van der Waals surface area contributed by atoms with E-state index in [-0.39, 0.29) is 5.91 Å². The Bertz CT molecular complexity index is 947. The van der Waals surface area contributed by atoms with Gasteiger partial charge in [-0.2, -0.15) is 0 Å². The van der Waals surface area contributed by atoms with Crippen LogP contribution in [0.1, 0.15) is 38.6 Å². The van der Waals surface area contributed by atoms with Crippen LogP contribution in [-0.4, -0.2) is 20.9 Å². The number of nitrogens with zero attached hydrogens (tertiary/aromatic N) is 3. The average molecular weight is 361 g/mol. The lowest BCUT2D eigenvalue weighted by Crippen LogP contribution is -2.17. The summed E-state index contributed by atoms with van der Waals surface area (Å²) in [7, 11) is 0. The molecule has 6 nitrogen and oxygen atoms in total. The zero-order valence-corrected chi connectivity index (χ0v) is 16.0. The van der Waals surface area contributed by atoms with Gasteiger partial charge in [0.15, 0.2) is 0 Å². The molecule has 0 saturated carbocycles. The van der Waals surface area contributed by atoms with Crippen LogP contribution in [0.15, 0.2) is 42.7 Å². The van der Waals surface area contributed by atoms with Crippen molar-refractivity contribution < 1.29 is 4.79 Å². The van der Waals surface area contributed by atoms with E-state index in [1.807, 2.05) is 32.9 Å². The van der Waals surface area contributed by atoms with Crippen molar-refractivity contribution in [2.75, 3.05) is 10.6 Å². The van der Waals surface area contributed by atoms with Gasteiger partial charge in [-0.3, -0.25) is 9.78 Å². The van der Waals surface area contributed by atoms with Gasteiger partial charge in [0, 0.05) is 30.7 Å². The quantitative estimate of drug-likeness (QED) is 0.719. The van der Waals surface area contributed by atoms with Gasteiger partial charge in [0.1, 0.15) is 17.3 Å². The van der Waals surface area contributed by atoms with Crippen molar-refractivity contribution in [2.24, 2.45) is 0 Å². The number of carbonyl (C=O) groups is 1. The second-order valence-electron chi connectivity index (χ2n) is 6.63. The molecule has 138 valence electrons. The summed E-state index contributed by atoms with van der Waals surface area (Å²) in [5, 5.41) is 6.20. The maximum absolute atomic E-state index is 12.7. The number of hydrogen-bond acceptors (Lipinski definition) is 5. The van der Waals surface area contributed by atoms with E-state index in [4.69, 9.17) is 0 Å². The second-order valence-corrected chi connectivity index (χ2v) is 6.63. The molecule has 0 atom stereocenters. The minimum atomic E-state index is -0.250. The number of carbonyl (C=O) groups excluding carboxylic acids is 1. The first-order chi connectivity index (χ1) is 12.9. The van der Waals surface area contributed by atoms with Crippen molar-refractivity contribution in [1.82, 2.24) is 15.0 Å². The molecule has 0 spiro atoms. The molecular formula is C21H23N5O. The smallest absolute Gasteiger partial charge is 0.274 e. The van der Waals surface area contributed by atoms with Gasteiger partial charge in [-0.25, -0.2) is 9.97 Å². The Labute approximate surface area is 159 Å². The monoisotopic (exact) mass is 361 g/mol. The SMILES string of the molecule is Cc1cc(C)c(NC(=O)c2cc(NCc3cccnc3)nc(C)n2)c(C)c1. The van der Waals surface area contributed by atoms with Gasteiger partial charge in [0.2, 0.25) is 0 Å². The molecular weight excluding hydrogens is 338 g/mol. The number of benzene rings is 1. The summed E-state index contributed by atoms with van der Waals surface area (Å²) in [6, 6.07) is 9.62. The standard InChI is InChI=1S/C21H23N5O/c1-13-8-14(2)20(15(3)9-13)26-21(27)18-10-19(25-16(4)24-18)23-12-17-6-5-7-22-11-17/h5-11H,12H2,1-4H3,(H,26,27)(H,23,24,25). The summed E-state index contributed by atoms with van der Waals surface area (Å²) in [6.45, 7) is 8.36. The second kappa shape index (κ2) is 7.95. The van der Waals surface area contributed by atoms with Gasteiger partial charge in [-0.05, 0) is 50.5 Å². The highest BCUT2D eigenvalue weighted by molar-refractivity contribution is 6.04. The van der Waals surface area contributed by atoms with Crippen LogP contribution in [-0.2, 0) is 6.54 Å². The van der Waals surface area contributed by atoms with Gasteiger partial charge >= 0.3 is 0 Å². The average Bonchev–Trinajstić information content (AvgIpc) is 2.63. The van der Waals surface area contributed by atoms with E-state index in [0.29, 0.717) is 23.9 Å². The normalized spacial score (nSPS) is 10.5. The molecule has 0 saturated heterocycles. The lowest BCUT2D eigenvalue weighted by Gasteiger charge is -2.13. The Kier molecular flexibility index (Phi) is 5.45. The van der Waals surface area contributed by atoms with Gasteiger partial charge in [0.05, 0.1) is 0 Å². The van der Waals surface area contributed by atoms with Crippen molar-refractivity contribution in [1.29, 1.82) is 0 Å². The summed E-state index contributed by atoms with van der Waals surface area (Å²) >= 11 is 0. The van der Waals surface area contributed by atoms with Crippen molar-refractivity contribution in [2.45, 2.75) is 34.2 Å². The Morgan fingerprint density at radius 2 is 1.78 bits per heavy atom. The zero-order chi connectivity index (χ0) is 19.4. The molecule has 0 aliphatic rings. The number of amides is 1. The molecule has 3 aromatic rings. The summed E-state index contributed by atoms with van der Waals surface area (Å²) in [5.74, 6) is 0.891. The third-order valence-corrected chi connectivity index (χ3v) is 4.18. The Morgan fingerprint density at radius 1 is 1.04 bits per heavy atom. The first-order valence-corrected chi connectivity index (χ1v) is 8.80. The number of pyridine rings is 1. The summed E-state index contributed by atoms with van der Waals surface area (Å²) in [5.41, 5.74) is 5.42. The fourth-order valence-electron chi connectivity index (χ4n) is 3.02. The molecule has 6 heteroatoms. The Hall–Kier alpha value is -3.28. The molecule has 1 amide bonds. The van der Waals surface area contributed by atoms with E-state index < -0.39 is 0 Å². The first-order valence-electron chi connectivity index (χ1n) is 8.80. The predicted octanol–water partition coefficient (Wildman–Crippen LogP) is 3.97. The minimum absolute atomic E-state index is 0.250. The summed E-state index contributed by atoms with van der Waals surface area (Å²) in [4.78, 5) is 25.5. The van der Waals surface area contributed by atoms with E-state index in [0.717, 1.165) is 22.4 Å². The summed E-state index contributed by atoms with van der Waals surface area (Å²) < 4.78 is 0.